The quantitative estimate of drug-likeness (QED) is 0.331. The predicted octanol–water partition coefficient (Wildman–Crippen LogP) is 6.53. The van der Waals surface area contributed by atoms with Crippen molar-refractivity contribution in [2.45, 2.75) is 85.6 Å². The van der Waals surface area contributed by atoms with Gasteiger partial charge in [0.1, 0.15) is 0 Å². The van der Waals surface area contributed by atoms with Crippen molar-refractivity contribution in [1.82, 2.24) is 5.32 Å². The van der Waals surface area contributed by atoms with Crippen LogP contribution in [0.5, 0.6) is 0 Å². The zero-order valence-corrected chi connectivity index (χ0v) is 16.4. The average Bonchev–Trinajstić information content (AvgIpc) is 2.66. The van der Waals surface area contributed by atoms with Crippen molar-refractivity contribution in [2.24, 2.45) is 0 Å². The van der Waals surface area contributed by atoms with Crippen molar-refractivity contribution in [1.29, 1.82) is 0 Å². The summed E-state index contributed by atoms with van der Waals surface area (Å²) >= 11 is 0. The van der Waals surface area contributed by atoms with Gasteiger partial charge in [0, 0.05) is 13.7 Å². The van der Waals surface area contributed by atoms with Gasteiger partial charge in [-0.3, -0.25) is 0 Å². The van der Waals surface area contributed by atoms with Crippen molar-refractivity contribution in [3.8, 4) is 0 Å². The number of aliphatic hydroxyl groups is 1. The van der Waals surface area contributed by atoms with Crippen LogP contribution in [0, 0.1) is 0 Å². The van der Waals surface area contributed by atoms with E-state index in [9.17, 15) is 0 Å². The molecule has 25 heavy (non-hydrogen) atoms. The molecule has 0 heterocycles. The molecule has 0 aliphatic heterocycles. The summed E-state index contributed by atoms with van der Waals surface area (Å²) in [6.45, 7) is 12.7. The molecule has 0 aliphatic carbocycles. The maximum absolute atomic E-state index is 7.00. The monoisotopic (exact) mass is 351 g/mol. The van der Waals surface area contributed by atoms with E-state index in [0.717, 1.165) is 20.2 Å². The van der Waals surface area contributed by atoms with Crippen molar-refractivity contribution in [3.63, 3.8) is 0 Å². The number of nitrogens with one attached hydrogen (secondary N) is 1. The smallest absolute Gasteiger partial charge is 0.0319 e. The number of hydrogen-bond acceptors (Lipinski definition) is 2. The Hall–Kier alpha value is -1.12. The fraction of sp³-hybridized carbons (Fsp3) is 0.652. The second kappa shape index (κ2) is 25.1. The molecule has 0 saturated heterocycles. The average molecular weight is 352 g/mol. The van der Waals surface area contributed by atoms with Gasteiger partial charge >= 0.3 is 0 Å². The van der Waals surface area contributed by atoms with Gasteiger partial charge in [0.05, 0.1) is 0 Å². The third kappa shape index (κ3) is 19.1. The molecular formula is C23H45NO. The molecule has 0 aliphatic rings. The largest absolute Gasteiger partial charge is 0.400 e. The summed E-state index contributed by atoms with van der Waals surface area (Å²) < 4.78 is 0. The first-order chi connectivity index (χ1) is 11.9. The fourth-order valence-electron chi connectivity index (χ4n) is 2.47. The van der Waals surface area contributed by atoms with Gasteiger partial charge in [0.25, 0.3) is 0 Å². The molecule has 0 bridgehead atoms. The van der Waals surface area contributed by atoms with Crippen molar-refractivity contribution in [2.75, 3.05) is 13.7 Å². The Bertz CT molecular complexity index is 334. The van der Waals surface area contributed by atoms with E-state index < -0.39 is 0 Å². The van der Waals surface area contributed by atoms with Gasteiger partial charge in [-0.1, -0.05) is 84.1 Å². The highest BCUT2D eigenvalue weighted by Crippen LogP contribution is 2.11. The van der Waals surface area contributed by atoms with E-state index in [2.05, 4.69) is 56.6 Å². The van der Waals surface area contributed by atoms with E-state index in [0.29, 0.717) is 0 Å². The maximum atomic E-state index is 7.00. The molecule has 1 aromatic carbocycles. The number of benzene rings is 1. The molecule has 0 fully saturated rings. The number of aliphatic hydroxyl groups excluding tert-OH is 1. The highest BCUT2D eigenvalue weighted by Gasteiger charge is 1.96. The lowest BCUT2D eigenvalue weighted by Gasteiger charge is -2.06. The molecule has 148 valence electrons. The van der Waals surface area contributed by atoms with Gasteiger partial charge in [-0.05, 0) is 36.9 Å². The summed E-state index contributed by atoms with van der Waals surface area (Å²) in [5.74, 6) is 0. The molecule has 0 spiro atoms. The minimum absolute atomic E-state index is 0. The summed E-state index contributed by atoms with van der Waals surface area (Å²) in [7, 11) is 1.00. The SMILES string of the molecule is C.C=C.CCCCCCCCc1ccc(CNCCCC)cc1.CO. The van der Waals surface area contributed by atoms with Gasteiger partial charge in [-0.15, -0.1) is 13.2 Å². The van der Waals surface area contributed by atoms with Crippen LogP contribution >= 0.6 is 0 Å². The first kappa shape index (κ1) is 28.7. The van der Waals surface area contributed by atoms with Crippen molar-refractivity contribution >= 4 is 0 Å². The molecule has 1 rings (SSSR count). The Kier molecular flexibility index (Phi) is 28.8. The summed E-state index contributed by atoms with van der Waals surface area (Å²) in [6, 6.07) is 9.18. The van der Waals surface area contributed by atoms with Gasteiger partial charge in [-0.2, -0.15) is 0 Å². The highest BCUT2D eigenvalue weighted by molar-refractivity contribution is 5.22. The third-order valence-corrected chi connectivity index (χ3v) is 3.88. The second-order valence-electron chi connectivity index (χ2n) is 5.86. The van der Waals surface area contributed by atoms with E-state index in [1.54, 1.807) is 0 Å². The Balaban J connectivity index is -0.000000899. The molecule has 1 aromatic rings. The van der Waals surface area contributed by atoms with Crippen LogP contribution in [-0.4, -0.2) is 18.8 Å². The van der Waals surface area contributed by atoms with Gasteiger partial charge in [0.15, 0.2) is 0 Å². The first-order valence-corrected chi connectivity index (χ1v) is 9.60. The van der Waals surface area contributed by atoms with Crippen LogP contribution in [0.4, 0.5) is 0 Å². The summed E-state index contributed by atoms with van der Waals surface area (Å²) in [5.41, 5.74) is 2.91. The molecule has 2 nitrogen and oxygen atoms in total. The van der Waals surface area contributed by atoms with Crippen LogP contribution in [0.3, 0.4) is 0 Å². The summed E-state index contributed by atoms with van der Waals surface area (Å²) in [6.07, 6.45) is 12.1. The van der Waals surface area contributed by atoms with Gasteiger partial charge < -0.3 is 10.4 Å². The van der Waals surface area contributed by atoms with Crippen LogP contribution in [-0.2, 0) is 13.0 Å². The second-order valence-corrected chi connectivity index (χ2v) is 5.86. The maximum Gasteiger partial charge on any atom is 0.0319 e. The Morgan fingerprint density at radius 2 is 1.24 bits per heavy atom. The lowest BCUT2D eigenvalue weighted by atomic mass is 10.0. The number of aryl methyl sites for hydroxylation is 1. The van der Waals surface area contributed by atoms with Crippen LogP contribution < -0.4 is 5.32 Å². The summed E-state index contributed by atoms with van der Waals surface area (Å²) in [4.78, 5) is 0. The third-order valence-electron chi connectivity index (χ3n) is 3.88. The van der Waals surface area contributed by atoms with Crippen LogP contribution in [0.2, 0.25) is 0 Å². The Morgan fingerprint density at radius 1 is 0.760 bits per heavy atom. The van der Waals surface area contributed by atoms with Crippen LogP contribution in [0.15, 0.2) is 37.4 Å². The molecule has 0 amide bonds. The minimum Gasteiger partial charge on any atom is -0.400 e. The number of rotatable bonds is 12. The van der Waals surface area contributed by atoms with Gasteiger partial charge in [0.2, 0.25) is 0 Å². The van der Waals surface area contributed by atoms with Crippen LogP contribution in [0.25, 0.3) is 0 Å². The molecule has 0 radical (unpaired) electrons. The fourth-order valence-corrected chi connectivity index (χ4v) is 2.47. The highest BCUT2D eigenvalue weighted by atomic mass is 16.2. The molecular weight excluding hydrogens is 306 g/mol. The molecule has 0 saturated carbocycles. The molecule has 2 heteroatoms. The zero-order chi connectivity index (χ0) is 18.5. The summed E-state index contributed by atoms with van der Waals surface area (Å²) in [5, 5.41) is 10.5. The van der Waals surface area contributed by atoms with E-state index >= 15 is 0 Å². The lowest BCUT2D eigenvalue weighted by Crippen LogP contribution is -2.14. The normalized spacial score (nSPS) is 9.12. The van der Waals surface area contributed by atoms with Crippen LogP contribution in [0.1, 0.15) is 83.8 Å². The van der Waals surface area contributed by atoms with E-state index in [1.807, 2.05) is 0 Å². The van der Waals surface area contributed by atoms with Gasteiger partial charge in [-0.25, -0.2) is 0 Å². The first-order valence-electron chi connectivity index (χ1n) is 9.60. The Morgan fingerprint density at radius 3 is 1.80 bits per heavy atom. The minimum atomic E-state index is 0. The van der Waals surface area contributed by atoms with E-state index in [1.165, 1.54) is 68.9 Å². The topological polar surface area (TPSA) is 32.3 Å². The Labute approximate surface area is 158 Å². The zero-order valence-electron chi connectivity index (χ0n) is 16.4. The lowest BCUT2D eigenvalue weighted by molar-refractivity contribution is 0.399. The van der Waals surface area contributed by atoms with E-state index in [-0.39, 0.29) is 7.43 Å². The molecule has 0 aromatic heterocycles. The van der Waals surface area contributed by atoms with E-state index in [4.69, 9.17) is 5.11 Å². The number of unbranched alkanes of at least 4 members (excludes halogenated alkanes) is 6. The molecule has 0 atom stereocenters. The van der Waals surface area contributed by atoms with Crippen molar-refractivity contribution in [3.05, 3.63) is 48.6 Å². The standard InChI is InChI=1S/C19H33N.C2H4.CH4O.CH4/c1-3-5-7-8-9-10-11-18-12-14-19(15-13-18)17-20-16-6-4-2;2*1-2;/h12-15,20H,3-11,16-17H2,1-2H3;1-2H2;2H,1H3;1H4. The molecule has 2 N–H and O–H groups in total. The molecule has 0 unspecified atom stereocenters. The predicted molar refractivity (Wildman–Crippen MR) is 116 cm³/mol. The van der Waals surface area contributed by atoms with Crippen molar-refractivity contribution < 1.29 is 5.11 Å². The number of hydrogen-bond donors (Lipinski definition) is 2.